The summed E-state index contributed by atoms with van der Waals surface area (Å²) in [5.41, 5.74) is 1.88. The number of anilines is 3. The molecule has 1 aromatic heterocycles. The Morgan fingerprint density at radius 1 is 0.963 bits per heavy atom. The highest BCUT2D eigenvalue weighted by Gasteiger charge is 2.09. The van der Waals surface area contributed by atoms with Crippen LogP contribution in [0.4, 0.5) is 17.2 Å². The number of pyridine rings is 1. The molecule has 1 amide bonds. The zero-order chi connectivity index (χ0) is 19.2. The van der Waals surface area contributed by atoms with Crippen molar-refractivity contribution < 1.29 is 14.3 Å². The first-order valence-corrected chi connectivity index (χ1v) is 8.49. The average Bonchev–Trinajstić information content (AvgIpc) is 2.69. The second-order valence-corrected chi connectivity index (χ2v) is 5.99. The predicted octanol–water partition coefficient (Wildman–Crippen LogP) is 4.75. The quantitative estimate of drug-likeness (QED) is 0.642. The van der Waals surface area contributed by atoms with E-state index < -0.39 is 0 Å². The molecule has 0 spiro atoms. The van der Waals surface area contributed by atoms with Crippen LogP contribution in [-0.2, 0) is 0 Å². The molecular formula is C20H18ClN3O3. The smallest absolute Gasteiger partial charge is 0.255 e. The first-order valence-electron chi connectivity index (χ1n) is 8.11. The zero-order valence-electron chi connectivity index (χ0n) is 14.8. The SMILES string of the molecule is COc1ccc(Nc2cc(C(=O)Nc3ccc(OC)c(Cl)c3)ccn2)cc1. The van der Waals surface area contributed by atoms with Crippen molar-refractivity contribution in [2.24, 2.45) is 0 Å². The van der Waals surface area contributed by atoms with Crippen LogP contribution in [0.5, 0.6) is 11.5 Å². The minimum Gasteiger partial charge on any atom is -0.497 e. The number of aromatic nitrogens is 1. The van der Waals surface area contributed by atoms with Gasteiger partial charge in [0.25, 0.3) is 5.91 Å². The second-order valence-electron chi connectivity index (χ2n) is 5.59. The Bertz CT molecular complexity index is 945. The zero-order valence-corrected chi connectivity index (χ0v) is 15.6. The lowest BCUT2D eigenvalue weighted by molar-refractivity contribution is 0.102. The Balaban J connectivity index is 1.72. The molecule has 0 fully saturated rings. The number of methoxy groups -OCH3 is 2. The van der Waals surface area contributed by atoms with Gasteiger partial charge in [0.2, 0.25) is 0 Å². The highest BCUT2D eigenvalue weighted by atomic mass is 35.5. The topological polar surface area (TPSA) is 72.5 Å². The maximum Gasteiger partial charge on any atom is 0.255 e. The standard InChI is InChI=1S/C20H18ClN3O3/c1-26-16-6-3-14(4-7-16)23-19-11-13(9-10-22-19)20(25)24-15-5-8-18(27-2)17(21)12-15/h3-12H,1-2H3,(H,22,23)(H,24,25). The van der Waals surface area contributed by atoms with Crippen molar-refractivity contribution in [2.45, 2.75) is 0 Å². The molecule has 138 valence electrons. The fraction of sp³-hybridized carbons (Fsp3) is 0.100. The normalized spacial score (nSPS) is 10.2. The van der Waals surface area contributed by atoms with Crippen LogP contribution in [0, 0.1) is 0 Å². The van der Waals surface area contributed by atoms with Gasteiger partial charge in [0, 0.05) is 23.1 Å². The molecule has 0 saturated heterocycles. The number of hydrogen-bond donors (Lipinski definition) is 2. The molecule has 3 aromatic rings. The van der Waals surface area contributed by atoms with Gasteiger partial charge in [0.05, 0.1) is 19.2 Å². The van der Waals surface area contributed by atoms with E-state index in [0.717, 1.165) is 11.4 Å². The van der Waals surface area contributed by atoms with Gasteiger partial charge < -0.3 is 20.1 Å². The lowest BCUT2D eigenvalue weighted by Crippen LogP contribution is -2.12. The van der Waals surface area contributed by atoms with E-state index in [1.807, 2.05) is 24.3 Å². The summed E-state index contributed by atoms with van der Waals surface area (Å²) in [5.74, 6) is 1.60. The minimum absolute atomic E-state index is 0.267. The molecular weight excluding hydrogens is 366 g/mol. The summed E-state index contributed by atoms with van der Waals surface area (Å²) in [6.45, 7) is 0. The predicted molar refractivity (Wildman–Crippen MR) is 106 cm³/mol. The molecule has 1 heterocycles. The maximum atomic E-state index is 12.5. The Labute approximate surface area is 162 Å². The maximum absolute atomic E-state index is 12.5. The van der Waals surface area contributed by atoms with Crippen molar-refractivity contribution in [3.63, 3.8) is 0 Å². The summed E-state index contributed by atoms with van der Waals surface area (Å²) in [6.07, 6.45) is 1.57. The van der Waals surface area contributed by atoms with Crippen LogP contribution in [0.1, 0.15) is 10.4 Å². The molecule has 0 saturated carbocycles. The van der Waals surface area contributed by atoms with Gasteiger partial charge in [0.1, 0.15) is 17.3 Å². The highest BCUT2D eigenvalue weighted by Crippen LogP contribution is 2.27. The third kappa shape index (κ3) is 4.68. The number of ether oxygens (including phenoxy) is 2. The van der Waals surface area contributed by atoms with E-state index in [2.05, 4.69) is 15.6 Å². The minimum atomic E-state index is -0.267. The van der Waals surface area contributed by atoms with Gasteiger partial charge in [0.15, 0.2) is 0 Å². The Morgan fingerprint density at radius 2 is 1.70 bits per heavy atom. The van der Waals surface area contributed by atoms with E-state index in [-0.39, 0.29) is 5.91 Å². The number of halogens is 1. The molecule has 0 aliphatic rings. The van der Waals surface area contributed by atoms with Gasteiger partial charge in [-0.05, 0) is 54.6 Å². The van der Waals surface area contributed by atoms with E-state index in [9.17, 15) is 4.79 Å². The van der Waals surface area contributed by atoms with Crippen molar-refractivity contribution in [3.8, 4) is 11.5 Å². The van der Waals surface area contributed by atoms with E-state index in [1.165, 1.54) is 7.11 Å². The third-order valence-electron chi connectivity index (χ3n) is 3.79. The summed E-state index contributed by atoms with van der Waals surface area (Å²) in [6, 6.07) is 15.8. The van der Waals surface area contributed by atoms with Gasteiger partial charge in [-0.15, -0.1) is 0 Å². The van der Waals surface area contributed by atoms with Crippen LogP contribution in [-0.4, -0.2) is 25.1 Å². The summed E-state index contributed by atoms with van der Waals surface area (Å²) in [5, 5.41) is 6.38. The highest BCUT2D eigenvalue weighted by molar-refractivity contribution is 6.32. The van der Waals surface area contributed by atoms with Crippen molar-refractivity contribution in [1.82, 2.24) is 4.98 Å². The molecule has 0 radical (unpaired) electrons. The van der Waals surface area contributed by atoms with Crippen LogP contribution in [0.25, 0.3) is 0 Å². The molecule has 2 aromatic carbocycles. The first kappa shape index (κ1) is 18.5. The van der Waals surface area contributed by atoms with Crippen molar-refractivity contribution in [2.75, 3.05) is 24.9 Å². The number of carbonyl (C=O) groups excluding carboxylic acids is 1. The molecule has 3 rings (SSSR count). The monoisotopic (exact) mass is 383 g/mol. The molecule has 0 bridgehead atoms. The van der Waals surface area contributed by atoms with Crippen molar-refractivity contribution >= 4 is 34.7 Å². The van der Waals surface area contributed by atoms with Crippen molar-refractivity contribution in [3.05, 3.63) is 71.4 Å². The average molecular weight is 384 g/mol. The molecule has 0 aliphatic heterocycles. The number of amides is 1. The van der Waals surface area contributed by atoms with Gasteiger partial charge in [-0.2, -0.15) is 0 Å². The molecule has 6 nitrogen and oxygen atoms in total. The van der Waals surface area contributed by atoms with E-state index >= 15 is 0 Å². The lowest BCUT2D eigenvalue weighted by Gasteiger charge is -2.10. The van der Waals surface area contributed by atoms with Gasteiger partial charge in [-0.1, -0.05) is 11.6 Å². The van der Waals surface area contributed by atoms with Crippen LogP contribution in [0.2, 0.25) is 5.02 Å². The molecule has 7 heteroatoms. The van der Waals surface area contributed by atoms with Crippen LogP contribution in [0.3, 0.4) is 0 Å². The Kier molecular flexibility index (Phi) is 5.78. The third-order valence-corrected chi connectivity index (χ3v) is 4.09. The van der Waals surface area contributed by atoms with E-state index in [0.29, 0.717) is 27.8 Å². The van der Waals surface area contributed by atoms with Crippen LogP contribution >= 0.6 is 11.6 Å². The fourth-order valence-electron chi connectivity index (χ4n) is 2.41. The number of carbonyl (C=O) groups is 1. The Hall–Kier alpha value is -3.25. The first-order chi connectivity index (χ1) is 13.1. The summed E-state index contributed by atoms with van der Waals surface area (Å²) in [7, 11) is 3.15. The molecule has 2 N–H and O–H groups in total. The largest absolute Gasteiger partial charge is 0.497 e. The summed E-state index contributed by atoms with van der Waals surface area (Å²) >= 11 is 6.09. The fourth-order valence-corrected chi connectivity index (χ4v) is 2.67. The van der Waals surface area contributed by atoms with E-state index in [4.69, 9.17) is 21.1 Å². The number of benzene rings is 2. The molecule has 0 aliphatic carbocycles. The summed E-state index contributed by atoms with van der Waals surface area (Å²) < 4.78 is 10.2. The Morgan fingerprint density at radius 3 is 2.37 bits per heavy atom. The number of nitrogens with one attached hydrogen (secondary N) is 2. The van der Waals surface area contributed by atoms with Crippen LogP contribution < -0.4 is 20.1 Å². The number of nitrogens with zero attached hydrogens (tertiary/aromatic N) is 1. The molecule has 27 heavy (non-hydrogen) atoms. The van der Waals surface area contributed by atoms with Gasteiger partial charge >= 0.3 is 0 Å². The van der Waals surface area contributed by atoms with Gasteiger partial charge in [-0.25, -0.2) is 4.98 Å². The molecule has 0 atom stereocenters. The van der Waals surface area contributed by atoms with Crippen LogP contribution in [0.15, 0.2) is 60.8 Å². The lowest BCUT2D eigenvalue weighted by atomic mass is 10.2. The van der Waals surface area contributed by atoms with E-state index in [1.54, 1.807) is 43.6 Å². The second kappa shape index (κ2) is 8.42. The molecule has 0 unspecified atom stereocenters. The number of rotatable bonds is 6. The van der Waals surface area contributed by atoms with Crippen molar-refractivity contribution in [1.29, 1.82) is 0 Å². The number of hydrogen-bond acceptors (Lipinski definition) is 5. The van der Waals surface area contributed by atoms with Gasteiger partial charge in [-0.3, -0.25) is 4.79 Å². The summed E-state index contributed by atoms with van der Waals surface area (Å²) in [4.78, 5) is 16.8.